The normalized spacial score (nSPS) is 16.0. The van der Waals surface area contributed by atoms with E-state index in [-0.39, 0.29) is 24.0 Å². The van der Waals surface area contributed by atoms with Gasteiger partial charge in [0, 0.05) is 18.0 Å². The molecule has 0 unspecified atom stereocenters. The average molecular weight is 341 g/mol. The van der Waals surface area contributed by atoms with E-state index in [1.807, 2.05) is 0 Å². The van der Waals surface area contributed by atoms with Gasteiger partial charge in [-0.2, -0.15) is 13.2 Å². The summed E-state index contributed by atoms with van der Waals surface area (Å²) >= 11 is 0. The summed E-state index contributed by atoms with van der Waals surface area (Å²) in [6, 6.07) is 4.52. The van der Waals surface area contributed by atoms with E-state index in [1.165, 1.54) is 12.1 Å². The number of carbonyl (C=O) groups is 1. The second-order valence-electron chi connectivity index (χ2n) is 5.66. The third kappa shape index (κ3) is 2.47. The van der Waals surface area contributed by atoms with Gasteiger partial charge in [0.2, 0.25) is 5.43 Å². The number of pyridine rings is 1. The Bertz CT molecular complexity index is 864. The van der Waals surface area contributed by atoms with Crippen molar-refractivity contribution in [2.75, 3.05) is 0 Å². The van der Waals surface area contributed by atoms with Gasteiger partial charge in [0.15, 0.2) is 0 Å². The van der Waals surface area contributed by atoms with Gasteiger partial charge in [-0.25, -0.2) is 9.18 Å². The molecule has 126 valence electrons. The van der Waals surface area contributed by atoms with Crippen LogP contribution in [-0.4, -0.2) is 21.8 Å². The van der Waals surface area contributed by atoms with Crippen molar-refractivity contribution in [1.82, 2.24) is 4.57 Å². The minimum Gasteiger partial charge on any atom is -0.477 e. The number of alkyl halides is 3. The van der Waals surface area contributed by atoms with Crippen molar-refractivity contribution in [2.24, 2.45) is 0 Å². The predicted octanol–water partition coefficient (Wildman–Crippen LogP) is 3.40. The zero-order chi connectivity index (χ0) is 17.7. The van der Waals surface area contributed by atoms with Gasteiger partial charge in [-0.05, 0) is 30.5 Å². The molecular formula is C16H11F4NO3. The number of hydrogen-bond donors (Lipinski definition) is 1. The fourth-order valence-corrected chi connectivity index (χ4v) is 2.62. The van der Waals surface area contributed by atoms with Crippen molar-refractivity contribution in [2.45, 2.75) is 24.6 Å². The Morgan fingerprint density at radius 1 is 1.12 bits per heavy atom. The van der Waals surface area contributed by atoms with E-state index in [2.05, 4.69) is 0 Å². The maximum absolute atomic E-state index is 13.3. The fourth-order valence-electron chi connectivity index (χ4n) is 2.62. The van der Waals surface area contributed by atoms with E-state index in [4.69, 9.17) is 5.11 Å². The molecular weight excluding hydrogens is 330 g/mol. The molecule has 0 amide bonds. The van der Waals surface area contributed by atoms with Crippen LogP contribution in [0.3, 0.4) is 0 Å². The van der Waals surface area contributed by atoms with Gasteiger partial charge in [-0.3, -0.25) is 4.79 Å². The number of hydrogen-bond acceptors (Lipinski definition) is 2. The summed E-state index contributed by atoms with van der Waals surface area (Å²) in [5.41, 5.74) is -3.93. The summed E-state index contributed by atoms with van der Waals surface area (Å²) in [5.74, 6) is -2.20. The molecule has 1 aromatic carbocycles. The Hall–Kier alpha value is -2.64. The average Bonchev–Trinajstić information content (AvgIpc) is 3.29. The molecule has 1 aromatic heterocycles. The van der Waals surface area contributed by atoms with Gasteiger partial charge in [-0.1, -0.05) is 12.1 Å². The van der Waals surface area contributed by atoms with E-state index in [9.17, 15) is 27.2 Å². The Kier molecular flexibility index (Phi) is 3.51. The summed E-state index contributed by atoms with van der Waals surface area (Å²) in [4.78, 5) is 23.5. The second kappa shape index (κ2) is 5.19. The van der Waals surface area contributed by atoms with Crippen LogP contribution in [0, 0.1) is 5.82 Å². The molecule has 4 nitrogen and oxygen atoms in total. The van der Waals surface area contributed by atoms with Crippen LogP contribution >= 0.6 is 0 Å². The molecule has 8 heteroatoms. The van der Waals surface area contributed by atoms with Gasteiger partial charge < -0.3 is 9.67 Å². The topological polar surface area (TPSA) is 59.3 Å². The third-order valence-corrected chi connectivity index (χ3v) is 4.16. The van der Waals surface area contributed by atoms with Crippen LogP contribution in [0.5, 0.6) is 0 Å². The Morgan fingerprint density at radius 3 is 2.17 bits per heavy atom. The van der Waals surface area contributed by atoms with Gasteiger partial charge in [0.05, 0.1) is 0 Å². The Labute approximate surface area is 133 Å². The smallest absolute Gasteiger partial charge is 0.411 e. The van der Waals surface area contributed by atoms with Gasteiger partial charge in [0.1, 0.15) is 16.9 Å². The summed E-state index contributed by atoms with van der Waals surface area (Å²) in [7, 11) is 0. The SMILES string of the molecule is O=C(O)c1cn(C2(C(F)(F)F)CC2)cc(-c2ccc(F)cc2)c1=O. The molecule has 24 heavy (non-hydrogen) atoms. The maximum Gasteiger partial charge on any atom is 0.411 e. The van der Waals surface area contributed by atoms with Crippen molar-refractivity contribution < 1.29 is 27.5 Å². The minimum absolute atomic E-state index is 0.149. The molecule has 1 fully saturated rings. The maximum atomic E-state index is 13.3. The number of aromatic nitrogens is 1. The van der Waals surface area contributed by atoms with Gasteiger partial charge in [-0.15, -0.1) is 0 Å². The zero-order valence-corrected chi connectivity index (χ0v) is 12.1. The predicted molar refractivity (Wildman–Crippen MR) is 76.3 cm³/mol. The van der Waals surface area contributed by atoms with Gasteiger partial charge in [0.25, 0.3) is 0 Å². The third-order valence-electron chi connectivity index (χ3n) is 4.16. The first-order valence-corrected chi connectivity index (χ1v) is 6.98. The van der Waals surface area contributed by atoms with Crippen molar-refractivity contribution in [1.29, 1.82) is 0 Å². The summed E-state index contributed by atoms with van der Waals surface area (Å²) < 4.78 is 53.7. The fraction of sp³-hybridized carbons (Fsp3) is 0.250. The molecule has 0 atom stereocenters. The Morgan fingerprint density at radius 2 is 1.71 bits per heavy atom. The summed E-state index contributed by atoms with van der Waals surface area (Å²) in [6.07, 6.45) is -3.25. The van der Waals surface area contributed by atoms with Crippen molar-refractivity contribution >= 4 is 5.97 Å². The Balaban J connectivity index is 2.25. The number of carboxylic acids is 1. The van der Waals surface area contributed by atoms with Crippen LogP contribution in [0.25, 0.3) is 11.1 Å². The molecule has 1 N–H and O–H groups in total. The monoisotopic (exact) mass is 341 g/mol. The molecule has 0 radical (unpaired) electrons. The summed E-state index contributed by atoms with van der Waals surface area (Å²) in [6.45, 7) is 0. The van der Waals surface area contributed by atoms with Crippen LogP contribution in [0.15, 0.2) is 41.5 Å². The second-order valence-corrected chi connectivity index (χ2v) is 5.66. The highest BCUT2D eigenvalue weighted by atomic mass is 19.4. The molecule has 0 aliphatic heterocycles. The molecule has 0 bridgehead atoms. The molecule has 1 aliphatic carbocycles. The molecule has 0 spiro atoms. The lowest BCUT2D eigenvalue weighted by atomic mass is 10.0. The van der Waals surface area contributed by atoms with Crippen LogP contribution in [0.2, 0.25) is 0 Å². The van der Waals surface area contributed by atoms with E-state index in [1.54, 1.807) is 0 Å². The van der Waals surface area contributed by atoms with Gasteiger partial charge >= 0.3 is 12.1 Å². The van der Waals surface area contributed by atoms with Crippen LogP contribution in [0.1, 0.15) is 23.2 Å². The number of halogens is 4. The number of aromatic carboxylic acids is 1. The lowest BCUT2D eigenvalue weighted by molar-refractivity contribution is -0.180. The van der Waals surface area contributed by atoms with Crippen LogP contribution < -0.4 is 5.43 Å². The van der Waals surface area contributed by atoms with E-state index >= 15 is 0 Å². The highest BCUT2D eigenvalue weighted by molar-refractivity contribution is 5.88. The molecule has 0 saturated heterocycles. The first kappa shape index (κ1) is 16.2. The number of benzene rings is 1. The summed E-state index contributed by atoms with van der Waals surface area (Å²) in [5, 5.41) is 9.14. The lowest BCUT2D eigenvalue weighted by Crippen LogP contribution is -2.36. The molecule has 1 aliphatic rings. The first-order valence-electron chi connectivity index (χ1n) is 6.98. The quantitative estimate of drug-likeness (QED) is 0.871. The highest BCUT2D eigenvalue weighted by Crippen LogP contribution is 2.55. The van der Waals surface area contributed by atoms with Crippen LogP contribution in [0.4, 0.5) is 17.6 Å². The highest BCUT2D eigenvalue weighted by Gasteiger charge is 2.64. The largest absolute Gasteiger partial charge is 0.477 e. The molecule has 3 rings (SSSR count). The standard InChI is InChI=1S/C16H11F4NO3/c17-10-3-1-9(2-4-10)11-7-21(8-12(13(11)22)14(23)24)15(5-6-15)16(18,19)20/h1-4,7-8H,5-6H2,(H,23,24). The minimum atomic E-state index is -4.57. The number of carboxylic acid groups (broad SMARTS) is 1. The number of rotatable bonds is 3. The van der Waals surface area contributed by atoms with E-state index in [0.717, 1.165) is 29.1 Å². The van der Waals surface area contributed by atoms with E-state index < -0.39 is 34.5 Å². The molecule has 1 saturated carbocycles. The lowest BCUT2D eigenvalue weighted by Gasteiger charge is -2.24. The first-order chi connectivity index (χ1) is 11.2. The molecule has 2 aromatic rings. The van der Waals surface area contributed by atoms with Crippen molar-refractivity contribution in [3.63, 3.8) is 0 Å². The van der Waals surface area contributed by atoms with Crippen molar-refractivity contribution in [3.05, 3.63) is 58.3 Å². The van der Waals surface area contributed by atoms with Crippen LogP contribution in [-0.2, 0) is 5.54 Å². The van der Waals surface area contributed by atoms with Crippen molar-refractivity contribution in [3.8, 4) is 11.1 Å². The zero-order valence-electron chi connectivity index (χ0n) is 12.1. The molecule has 1 heterocycles. The number of nitrogens with zero attached hydrogens (tertiary/aromatic N) is 1. The van der Waals surface area contributed by atoms with E-state index in [0.29, 0.717) is 0 Å².